The molecule has 0 saturated carbocycles. The van der Waals surface area contributed by atoms with Gasteiger partial charge in [-0.25, -0.2) is 4.98 Å². The van der Waals surface area contributed by atoms with Crippen molar-refractivity contribution in [2.24, 2.45) is 7.05 Å². The molecule has 1 N–H and O–H groups in total. The molecule has 0 spiro atoms. The van der Waals surface area contributed by atoms with Crippen LogP contribution >= 0.6 is 34.7 Å². The Morgan fingerprint density at radius 2 is 2.08 bits per heavy atom. The van der Waals surface area contributed by atoms with Crippen LogP contribution in [0, 0.1) is 6.92 Å². The van der Waals surface area contributed by atoms with Crippen molar-refractivity contribution in [2.45, 2.75) is 12.1 Å². The van der Waals surface area contributed by atoms with E-state index in [1.807, 2.05) is 48.2 Å². The van der Waals surface area contributed by atoms with E-state index in [0.29, 0.717) is 15.3 Å². The van der Waals surface area contributed by atoms with Gasteiger partial charge in [-0.2, -0.15) is 0 Å². The van der Waals surface area contributed by atoms with E-state index in [-0.39, 0.29) is 11.7 Å². The summed E-state index contributed by atoms with van der Waals surface area (Å²) in [4.78, 5) is 16.2. The third kappa shape index (κ3) is 3.95. The quantitative estimate of drug-likeness (QED) is 0.685. The molecule has 6 nitrogen and oxygen atoms in total. The van der Waals surface area contributed by atoms with Gasteiger partial charge in [0, 0.05) is 23.0 Å². The summed E-state index contributed by atoms with van der Waals surface area (Å²) in [6.45, 7) is 1.89. The number of carbonyl (C=O) groups is 1. The van der Waals surface area contributed by atoms with Gasteiger partial charge in [0.05, 0.1) is 11.4 Å². The van der Waals surface area contributed by atoms with Crippen LogP contribution in [0.4, 0.5) is 5.13 Å². The van der Waals surface area contributed by atoms with E-state index in [2.05, 4.69) is 20.5 Å². The smallest absolute Gasteiger partial charge is 0.236 e. The fraction of sp³-hybridized carbons (Fsp3) is 0.200. The molecule has 1 aromatic carbocycles. The predicted octanol–water partition coefficient (Wildman–Crippen LogP) is 3.63. The van der Waals surface area contributed by atoms with Crippen LogP contribution in [0.2, 0.25) is 5.02 Å². The molecule has 24 heavy (non-hydrogen) atoms. The normalized spacial score (nSPS) is 10.8. The van der Waals surface area contributed by atoms with Gasteiger partial charge < -0.3 is 9.88 Å². The zero-order valence-corrected chi connectivity index (χ0v) is 15.4. The molecule has 2 heterocycles. The highest BCUT2D eigenvalue weighted by molar-refractivity contribution is 7.99. The molecule has 0 aliphatic heterocycles. The molecular weight excluding hydrogens is 366 g/mol. The summed E-state index contributed by atoms with van der Waals surface area (Å²) in [5.74, 6) is 0.848. The van der Waals surface area contributed by atoms with Crippen molar-refractivity contribution in [1.82, 2.24) is 19.7 Å². The standard InChI is InChI=1S/C15H14ClN5OS2/c1-9-7-23-14(17-9)18-12(22)8-24-15-20-19-13(21(15)2)10-3-5-11(16)6-4-10/h3-7H,8H2,1-2H3,(H,17,18,22). The summed E-state index contributed by atoms with van der Waals surface area (Å²) in [6, 6.07) is 7.39. The molecular formula is C15H14ClN5OS2. The first-order valence-electron chi connectivity index (χ1n) is 7.03. The molecule has 124 valence electrons. The summed E-state index contributed by atoms with van der Waals surface area (Å²) in [6.07, 6.45) is 0. The average Bonchev–Trinajstić information content (AvgIpc) is 3.12. The average molecular weight is 380 g/mol. The number of thioether (sulfide) groups is 1. The first-order chi connectivity index (χ1) is 11.5. The molecule has 0 bridgehead atoms. The number of thiazole rings is 1. The Morgan fingerprint density at radius 3 is 2.75 bits per heavy atom. The minimum absolute atomic E-state index is 0.120. The number of nitrogens with zero attached hydrogens (tertiary/aromatic N) is 4. The highest BCUT2D eigenvalue weighted by atomic mass is 35.5. The highest BCUT2D eigenvalue weighted by Gasteiger charge is 2.13. The predicted molar refractivity (Wildman–Crippen MR) is 97.7 cm³/mol. The lowest BCUT2D eigenvalue weighted by Gasteiger charge is -2.04. The van der Waals surface area contributed by atoms with Crippen LogP contribution in [-0.2, 0) is 11.8 Å². The van der Waals surface area contributed by atoms with Crippen LogP contribution in [0.5, 0.6) is 0 Å². The number of carbonyl (C=O) groups excluding carboxylic acids is 1. The number of benzene rings is 1. The zero-order chi connectivity index (χ0) is 17.1. The largest absolute Gasteiger partial charge is 0.305 e. The Labute approximate surface area is 152 Å². The van der Waals surface area contributed by atoms with Gasteiger partial charge in [-0.1, -0.05) is 23.4 Å². The maximum atomic E-state index is 12.0. The Kier molecular flexibility index (Phi) is 5.17. The van der Waals surface area contributed by atoms with Crippen LogP contribution in [0.1, 0.15) is 5.69 Å². The number of nitrogens with one attached hydrogen (secondary N) is 1. The number of anilines is 1. The maximum Gasteiger partial charge on any atom is 0.236 e. The van der Waals surface area contributed by atoms with Crippen molar-refractivity contribution in [1.29, 1.82) is 0 Å². The summed E-state index contributed by atoms with van der Waals surface area (Å²) in [7, 11) is 1.87. The van der Waals surface area contributed by atoms with Crippen molar-refractivity contribution in [3.8, 4) is 11.4 Å². The van der Waals surface area contributed by atoms with Crippen molar-refractivity contribution in [3.63, 3.8) is 0 Å². The number of hydrogen-bond donors (Lipinski definition) is 1. The number of aryl methyl sites for hydroxylation is 1. The SMILES string of the molecule is Cc1csc(NC(=O)CSc2nnc(-c3ccc(Cl)cc3)n2C)n1. The van der Waals surface area contributed by atoms with Gasteiger partial charge in [-0.3, -0.25) is 4.79 Å². The number of hydrogen-bond acceptors (Lipinski definition) is 6. The van der Waals surface area contributed by atoms with Gasteiger partial charge in [-0.15, -0.1) is 21.5 Å². The molecule has 0 fully saturated rings. The number of aromatic nitrogens is 4. The van der Waals surface area contributed by atoms with Gasteiger partial charge in [0.2, 0.25) is 5.91 Å². The summed E-state index contributed by atoms with van der Waals surface area (Å²) in [5, 5.41) is 15.0. The topological polar surface area (TPSA) is 72.7 Å². The number of amides is 1. The molecule has 0 aliphatic carbocycles. The molecule has 0 atom stereocenters. The van der Waals surface area contributed by atoms with Gasteiger partial charge in [-0.05, 0) is 31.2 Å². The maximum absolute atomic E-state index is 12.0. The van der Waals surface area contributed by atoms with Crippen molar-refractivity contribution in [2.75, 3.05) is 11.1 Å². The van der Waals surface area contributed by atoms with Crippen LogP contribution < -0.4 is 5.32 Å². The zero-order valence-electron chi connectivity index (χ0n) is 13.0. The Balaban J connectivity index is 1.63. The second kappa shape index (κ2) is 7.33. The Morgan fingerprint density at radius 1 is 1.33 bits per heavy atom. The van der Waals surface area contributed by atoms with Gasteiger partial charge in [0.15, 0.2) is 16.1 Å². The molecule has 9 heteroatoms. The molecule has 2 aromatic heterocycles. The van der Waals surface area contributed by atoms with Crippen molar-refractivity contribution in [3.05, 3.63) is 40.4 Å². The molecule has 0 aliphatic rings. The lowest BCUT2D eigenvalue weighted by atomic mass is 10.2. The summed E-state index contributed by atoms with van der Waals surface area (Å²) in [5.41, 5.74) is 1.81. The second-order valence-electron chi connectivity index (χ2n) is 5.00. The minimum Gasteiger partial charge on any atom is -0.305 e. The van der Waals surface area contributed by atoms with Crippen LogP contribution in [0.15, 0.2) is 34.8 Å². The lowest BCUT2D eigenvalue weighted by Crippen LogP contribution is -2.14. The lowest BCUT2D eigenvalue weighted by molar-refractivity contribution is -0.113. The van der Waals surface area contributed by atoms with Gasteiger partial charge >= 0.3 is 0 Å². The summed E-state index contributed by atoms with van der Waals surface area (Å²) >= 11 is 8.64. The Hall–Kier alpha value is -1.90. The first-order valence-corrected chi connectivity index (χ1v) is 9.27. The molecule has 0 saturated heterocycles. The molecule has 3 aromatic rings. The minimum atomic E-state index is -0.120. The molecule has 1 amide bonds. The van der Waals surface area contributed by atoms with Crippen LogP contribution in [0.25, 0.3) is 11.4 Å². The first kappa shape index (κ1) is 16.9. The van der Waals surface area contributed by atoms with Gasteiger partial charge in [0.1, 0.15) is 0 Å². The molecule has 3 rings (SSSR count). The van der Waals surface area contributed by atoms with Crippen molar-refractivity contribution >= 4 is 45.7 Å². The van der Waals surface area contributed by atoms with E-state index in [0.717, 1.165) is 17.1 Å². The van der Waals surface area contributed by atoms with E-state index in [9.17, 15) is 4.79 Å². The number of rotatable bonds is 5. The van der Waals surface area contributed by atoms with Gasteiger partial charge in [0.25, 0.3) is 0 Å². The summed E-state index contributed by atoms with van der Waals surface area (Å²) < 4.78 is 1.86. The third-order valence-electron chi connectivity index (χ3n) is 3.14. The van der Waals surface area contributed by atoms with E-state index in [1.54, 1.807) is 0 Å². The van der Waals surface area contributed by atoms with E-state index >= 15 is 0 Å². The monoisotopic (exact) mass is 379 g/mol. The third-order valence-corrected chi connectivity index (χ3v) is 5.28. The second-order valence-corrected chi connectivity index (χ2v) is 7.24. The van der Waals surface area contributed by atoms with Crippen LogP contribution in [-0.4, -0.2) is 31.4 Å². The Bertz CT molecular complexity index is 859. The molecule has 0 unspecified atom stereocenters. The van der Waals surface area contributed by atoms with Crippen molar-refractivity contribution < 1.29 is 4.79 Å². The fourth-order valence-electron chi connectivity index (χ4n) is 1.99. The fourth-order valence-corrected chi connectivity index (χ4v) is 3.53. The van der Waals surface area contributed by atoms with E-state index < -0.39 is 0 Å². The highest BCUT2D eigenvalue weighted by Crippen LogP contribution is 2.24. The molecule has 0 radical (unpaired) electrons. The number of halogens is 1. The van der Waals surface area contributed by atoms with Crippen LogP contribution in [0.3, 0.4) is 0 Å². The van der Waals surface area contributed by atoms with E-state index in [4.69, 9.17) is 11.6 Å². The van der Waals surface area contributed by atoms with E-state index in [1.165, 1.54) is 23.1 Å².